The first-order valence-electron chi connectivity index (χ1n) is 8.54. The van der Waals surface area contributed by atoms with E-state index in [1.807, 2.05) is 24.3 Å². The highest BCUT2D eigenvalue weighted by atomic mass is 16.5. The zero-order chi connectivity index (χ0) is 17.2. The third-order valence-electron chi connectivity index (χ3n) is 4.65. The third-order valence-corrected chi connectivity index (χ3v) is 4.65. The molecule has 6 nitrogen and oxygen atoms in total. The second-order valence-electron chi connectivity index (χ2n) is 6.33. The molecule has 6 heteroatoms. The molecule has 1 atom stereocenters. The van der Waals surface area contributed by atoms with Crippen LogP contribution in [0.1, 0.15) is 36.2 Å². The molecule has 1 aliphatic rings. The van der Waals surface area contributed by atoms with Gasteiger partial charge in [-0.1, -0.05) is 47.6 Å². The van der Waals surface area contributed by atoms with E-state index in [1.54, 1.807) is 11.8 Å². The number of carbonyl (C=O) groups excluding carboxylic acids is 1. The quantitative estimate of drug-likeness (QED) is 0.793. The van der Waals surface area contributed by atoms with Gasteiger partial charge in [0.15, 0.2) is 5.82 Å². The monoisotopic (exact) mass is 336 g/mol. The number of aryl methyl sites for hydroxylation is 1. The molecule has 2 amide bonds. The predicted molar refractivity (Wildman–Crippen MR) is 93.9 cm³/mol. The molecule has 3 aromatic rings. The smallest absolute Gasteiger partial charge is 0.318 e. The van der Waals surface area contributed by atoms with Crippen molar-refractivity contribution in [3.8, 4) is 0 Å². The number of nitrogens with zero attached hydrogens (tertiary/aromatic N) is 3. The van der Waals surface area contributed by atoms with Gasteiger partial charge in [-0.2, -0.15) is 4.98 Å². The molecule has 0 aliphatic carbocycles. The lowest BCUT2D eigenvalue weighted by Crippen LogP contribution is -2.39. The summed E-state index contributed by atoms with van der Waals surface area (Å²) in [5.41, 5.74) is 1.11. The lowest BCUT2D eigenvalue weighted by molar-refractivity contribution is 0.180. The van der Waals surface area contributed by atoms with Gasteiger partial charge in [0.2, 0.25) is 5.89 Å². The van der Waals surface area contributed by atoms with E-state index in [1.165, 1.54) is 5.39 Å². The number of benzene rings is 2. The number of amides is 2. The summed E-state index contributed by atoms with van der Waals surface area (Å²) in [4.78, 5) is 18.7. The Morgan fingerprint density at radius 3 is 2.96 bits per heavy atom. The number of aromatic nitrogens is 2. The lowest BCUT2D eigenvalue weighted by atomic mass is 10.0. The van der Waals surface area contributed by atoms with Crippen molar-refractivity contribution in [1.29, 1.82) is 0 Å². The molecule has 1 saturated heterocycles. The van der Waals surface area contributed by atoms with Crippen LogP contribution in [0.4, 0.5) is 4.79 Å². The molecule has 1 aromatic heterocycles. The number of fused-ring (bicyclic) bond motifs is 1. The maximum absolute atomic E-state index is 12.7. The van der Waals surface area contributed by atoms with Gasteiger partial charge in [-0.15, -0.1) is 0 Å². The molecular weight excluding hydrogens is 316 g/mol. The SMILES string of the molecule is Cc1noc(C2CCCN2C(=O)NCc2cccc3ccccc23)n1. The molecule has 128 valence electrons. The fraction of sp³-hybridized carbons (Fsp3) is 0.316. The van der Waals surface area contributed by atoms with Crippen LogP contribution < -0.4 is 5.32 Å². The standard InChI is InChI=1S/C19H20N4O2/c1-13-21-18(25-22-13)17-10-5-11-23(17)19(24)20-12-15-8-4-7-14-6-2-3-9-16(14)15/h2-4,6-9,17H,5,10-12H2,1H3,(H,20,24). The van der Waals surface area contributed by atoms with Gasteiger partial charge >= 0.3 is 6.03 Å². The van der Waals surface area contributed by atoms with Crippen molar-refractivity contribution in [1.82, 2.24) is 20.4 Å². The molecule has 1 N–H and O–H groups in total. The van der Waals surface area contributed by atoms with Crippen LogP contribution in [-0.2, 0) is 6.54 Å². The average molecular weight is 336 g/mol. The van der Waals surface area contributed by atoms with Gasteiger partial charge in [0.25, 0.3) is 0 Å². The van der Waals surface area contributed by atoms with Gasteiger partial charge in [-0.25, -0.2) is 4.79 Å². The highest BCUT2D eigenvalue weighted by Gasteiger charge is 2.33. The number of rotatable bonds is 3. The summed E-state index contributed by atoms with van der Waals surface area (Å²) < 4.78 is 5.27. The molecule has 2 aromatic carbocycles. The minimum absolute atomic E-state index is 0.0914. The van der Waals surface area contributed by atoms with Gasteiger partial charge < -0.3 is 14.7 Å². The van der Waals surface area contributed by atoms with Crippen molar-refractivity contribution in [2.75, 3.05) is 6.54 Å². The van der Waals surface area contributed by atoms with Gasteiger partial charge in [0, 0.05) is 13.1 Å². The summed E-state index contributed by atoms with van der Waals surface area (Å²) in [6.07, 6.45) is 1.79. The van der Waals surface area contributed by atoms with Crippen LogP contribution in [0.3, 0.4) is 0 Å². The molecule has 2 heterocycles. The van der Waals surface area contributed by atoms with Crippen molar-refractivity contribution in [3.05, 3.63) is 59.7 Å². The van der Waals surface area contributed by atoms with E-state index in [2.05, 4.69) is 33.7 Å². The zero-order valence-electron chi connectivity index (χ0n) is 14.1. The minimum atomic E-state index is -0.131. The van der Waals surface area contributed by atoms with E-state index >= 15 is 0 Å². The Morgan fingerprint density at radius 1 is 1.28 bits per heavy atom. The van der Waals surface area contributed by atoms with Gasteiger partial charge in [0.1, 0.15) is 6.04 Å². The Balaban J connectivity index is 1.48. The van der Waals surface area contributed by atoms with Crippen molar-refractivity contribution < 1.29 is 9.32 Å². The maximum atomic E-state index is 12.7. The van der Waals surface area contributed by atoms with Crippen molar-refractivity contribution in [3.63, 3.8) is 0 Å². The Bertz CT molecular complexity index is 900. The summed E-state index contributed by atoms with van der Waals surface area (Å²) in [7, 11) is 0. The summed E-state index contributed by atoms with van der Waals surface area (Å²) in [6.45, 7) is 2.98. The first-order chi connectivity index (χ1) is 12.2. The molecule has 0 spiro atoms. The normalized spacial score (nSPS) is 17.2. The van der Waals surface area contributed by atoms with Crippen LogP contribution in [0.2, 0.25) is 0 Å². The van der Waals surface area contributed by atoms with Crippen LogP contribution in [0.25, 0.3) is 10.8 Å². The Labute approximate surface area is 145 Å². The number of likely N-dealkylation sites (tertiary alicyclic amines) is 1. The lowest BCUT2D eigenvalue weighted by Gasteiger charge is -2.22. The highest BCUT2D eigenvalue weighted by molar-refractivity contribution is 5.86. The Kier molecular flexibility index (Phi) is 4.09. The van der Waals surface area contributed by atoms with Crippen LogP contribution in [0, 0.1) is 6.92 Å². The molecule has 0 bridgehead atoms. The topological polar surface area (TPSA) is 71.3 Å². The molecule has 1 aliphatic heterocycles. The molecule has 25 heavy (non-hydrogen) atoms. The van der Waals surface area contributed by atoms with Gasteiger partial charge in [-0.3, -0.25) is 0 Å². The van der Waals surface area contributed by atoms with E-state index in [4.69, 9.17) is 4.52 Å². The maximum Gasteiger partial charge on any atom is 0.318 e. The fourth-order valence-electron chi connectivity index (χ4n) is 3.43. The summed E-state index contributed by atoms with van der Waals surface area (Å²) in [6, 6.07) is 14.1. The highest BCUT2D eigenvalue weighted by Crippen LogP contribution is 2.30. The average Bonchev–Trinajstić information content (AvgIpc) is 3.28. The molecule has 0 saturated carbocycles. The van der Waals surface area contributed by atoms with E-state index in [9.17, 15) is 4.79 Å². The number of urea groups is 1. The summed E-state index contributed by atoms with van der Waals surface area (Å²) in [5, 5.41) is 9.21. The van der Waals surface area contributed by atoms with Crippen molar-refractivity contribution >= 4 is 16.8 Å². The summed E-state index contributed by atoms with van der Waals surface area (Å²) >= 11 is 0. The van der Waals surface area contributed by atoms with Crippen LogP contribution >= 0.6 is 0 Å². The number of carbonyl (C=O) groups is 1. The van der Waals surface area contributed by atoms with Crippen LogP contribution in [0.15, 0.2) is 47.0 Å². The van der Waals surface area contributed by atoms with Crippen LogP contribution in [-0.4, -0.2) is 27.6 Å². The second kappa shape index (κ2) is 6.55. The van der Waals surface area contributed by atoms with Crippen molar-refractivity contribution in [2.45, 2.75) is 32.4 Å². The molecule has 0 radical (unpaired) electrons. The third kappa shape index (κ3) is 3.07. The predicted octanol–water partition coefficient (Wildman–Crippen LogP) is 3.58. The molecule has 4 rings (SSSR count). The van der Waals surface area contributed by atoms with E-state index < -0.39 is 0 Å². The second-order valence-corrected chi connectivity index (χ2v) is 6.33. The Hall–Kier alpha value is -2.89. The number of nitrogens with one attached hydrogen (secondary N) is 1. The van der Waals surface area contributed by atoms with E-state index in [-0.39, 0.29) is 12.1 Å². The van der Waals surface area contributed by atoms with E-state index in [0.29, 0.717) is 24.8 Å². The Morgan fingerprint density at radius 2 is 2.12 bits per heavy atom. The first-order valence-corrected chi connectivity index (χ1v) is 8.54. The first kappa shape index (κ1) is 15.6. The largest absolute Gasteiger partial charge is 0.337 e. The molecule has 1 fully saturated rings. The zero-order valence-corrected chi connectivity index (χ0v) is 14.1. The number of hydrogen-bond donors (Lipinski definition) is 1. The number of hydrogen-bond acceptors (Lipinski definition) is 4. The molecular formula is C19H20N4O2. The fourth-order valence-corrected chi connectivity index (χ4v) is 3.43. The van der Waals surface area contributed by atoms with Gasteiger partial charge in [-0.05, 0) is 36.1 Å². The summed E-state index contributed by atoms with van der Waals surface area (Å²) in [5.74, 6) is 1.12. The minimum Gasteiger partial charge on any atom is -0.337 e. The molecule has 1 unspecified atom stereocenters. The van der Waals surface area contributed by atoms with Crippen molar-refractivity contribution in [2.24, 2.45) is 0 Å². The van der Waals surface area contributed by atoms with Gasteiger partial charge in [0.05, 0.1) is 0 Å². The van der Waals surface area contributed by atoms with E-state index in [0.717, 1.165) is 23.8 Å². The van der Waals surface area contributed by atoms with Crippen LogP contribution in [0.5, 0.6) is 0 Å².